The number of nitrogens with two attached hydrogens (primary N) is 1. The number of nitrogens with zero attached hydrogens (tertiary/aromatic N) is 1. The van der Waals surface area contributed by atoms with Gasteiger partial charge in [-0.15, -0.1) is 11.3 Å². The molecule has 0 bridgehead atoms. The highest BCUT2D eigenvalue weighted by molar-refractivity contribution is 7.10. The first-order valence-electron chi connectivity index (χ1n) is 6.78. The van der Waals surface area contributed by atoms with Crippen LogP contribution in [-0.4, -0.2) is 11.6 Å². The summed E-state index contributed by atoms with van der Waals surface area (Å²) in [5.41, 5.74) is 7.37. The number of aromatic nitrogens is 1. The average Bonchev–Trinajstić information content (AvgIpc) is 2.96. The third-order valence-corrected chi connectivity index (χ3v) is 4.61. The number of rotatable bonds is 6. The molecule has 21 heavy (non-hydrogen) atoms. The minimum atomic E-state index is -2.83. The van der Waals surface area contributed by atoms with Crippen LogP contribution in [0.25, 0.3) is 11.3 Å². The van der Waals surface area contributed by atoms with Crippen molar-refractivity contribution in [3.63, 3.8) is 0 Å². The van der Waals surface area contributed by atoms with Gasteiger partial charge in [0.15, 0.2) is 0 Å². The van der Waals surface area contributed by atoms with Gasteiger partial charge in [-0.25, -0.2) is 4.98 Å². The van der Waals surface area contributed by atoms with Gasteiger partial charge >= 0.3 is 6.61 Å². The van der Waals surface area contributed by atoms with Crippen molar-refractivity contribution in [3.05, 3.63) is 34.7 Å². The summed E-state index contributed by atoms with van der Waals surface area (Å²) >= 11 is 1.50. The molecule has 0 aliphatic carbocycles. The molecule has 0 radical (unpaired) electrons. The summed E-state index contributed by atoms with van der Waals surface area (Å²) in [4.78, 5) is 4.56. The Labute approximate surface area is 126 Å². The first-order valence-corrected chi connectivity index (χ1v) is 7.66. The summed E-state index contributed by atoms with van der Waals surface area (Å²) in [5.74, 6) is 0.127. The summed E-state index contributed by atoms with van der Waals surface area (Å²) < 4.78 is 28.9. The zero-order valence-corrected chi connectivity index (χ0v) is 12.8. The van der Waals surface area contributed by atoms with E-state index in [1.54, 1.807) is 12.1 Å². The maximum atomic E-state index is 12.3. The fraction of sp³-hybridized carbons (Fsp3) is 0.400. The maximum Gasteiger partial charge on any atom is 0.387 e. The summed E-state index contributed by atoms with van der Waals surface area (Å²) in [7, 11) is 0. The summed E-state index contributed by atoms with van der Waals surface area (Å²) in [5, 5.41) is 2.76. The van der Waals surface area contributed by atoms with Crippen molar-refractivity contribution in [2.45, 2.75) is 38.8 Å². The van der Waals surface area contributed by atoms with Crippen molar-refractivity contribution < 1.29 is 13.5 Å². The van der Waals surface area contributed by atoms with Gasteiger partial charge in [-0.3, -0.25) is 0 Å². The van der Waals surface area contributed by atoms with Crippen LogP contribution < -0.4 is 10.5 Å². The lowest BCUT2D eigenvalue weighted by molar-refractivity contribution is -0.0498. The number of alkyl halides is 2. The van der Waals surface area contributed by atoms with Gasteiger partial charge in [0.05, 0.1) is 11.2 Å². The quantitative estimate of drug-likeness (QED) is 0.861. The first kappa shape index (κ1) is 15.9. The Morgan fingerprint density at radius 3 is 2.67 bits per heavy atom. The number of halogens is 2. The second kappa shape index (κ2) is 6.49. The van der Waals surface area contributed by atoms with Crippen LogP contribution in [-0.2, 0) is 5.54 Å². The zero-order chi connectivity index (χ0) is 15.5. The van der Waals surface area contributed by atoms with E-state index in [0.29, 0.717) is 0 Å². The van der Waals surface area contributed by atoms with E-state index in [1.165, 1.54) is 17.4 Å². The van der Waals surface area contributed by atoms with E-state index in [9.17, 15) is 8.78 Å². The SMILES string of the molecule is CCC(N)(CC)c1nc(-c2cccc(OC(F)F)c2)cs1. The Morgan fingerprint density at radius 2 is 2.05 bits per heavy atom. The van der Waals surface area contributed by atoms with Gasteiger partial charge in [-0.2, -0.15) is 8.78 Å². The van der Waals surface area contributed by atoms with Crippen molar-refractivity contribution in [3.8, 4) is 17.0 Å². The van der Waals surface area contributed by atoms with Gasteiger partial charge < -0.3 is 10.5 Å². The van der Waals surface area contributed by atoms with E-state index < -0.39 is 12.2 Å². The summed E-state index contributed by atoms with van der Waals surface area (Å²) in [6.45, 7) is 1.23. The largest absolute Gasteiger partial charge is 0.435 e. The predicted octanol–water partition coefficient (Wildman–Crippen LogP) is 4.39. The van der Waals surface area contributed by atoms with Crippen LogP contribution in [0.4, 0.5) is 8.78 Å². The molecule has 1 aromatic carbocycles. The van der Waals surface area contributed by atoms with E-state index in [0.717, 1.165) is 29.1 Å². The molecule has 0 saturated carbocycles. The first-order chi connectivity index (χ1) is 9.98. The van der Waals surface area contributed by atoms with Crippen LogP contribution in [0.5, 0.6) is 5.75 Å². The van der Waals surface area contributed by atoms with Crippen molar-refractivity contribution in [1.29, 1.82) is 0 Å². The highest BCUT2D eigenvalue weighted by Crippen LogP contribution is 2.32. The number of thiazole rings is 1. The molecular weight excluding hydrogens is 294 g/mol. The number of hydrogen-bond donors (Lipinski definition) is 1. The Hall–Kier alpha value is -1.53. The molecule has 2 aromatic rings. The van der Waals surface area contributed by atoms with E-state index in [1.807, 2.05) is 25.3 Å². The third-order valence-electron chi connectivity index (χ3n) is 3.55. The van der Waals surface area contributed by atoms with Crippen molar-refractivity contribution in [2.75, 3.05) is 0 Å². The van der Waals surface area contributed by atoms with E-state index in [4.69, 9.17) is 5.73 Å². The molecule has 0 amide bonds. The summed E-state index contributed by atoms with van der Waals surface area (Å²) in [6, 6.07) is 6.53. The molecule has 0 saturated heterocycles. The van der Waals surface area contributed by atoms with Gasteiger partial charge in [-0.1, -0.05) is 26.0 Å². The van der Waals surface area contributed by atoms with Crippen LogP contribution >= 0.6 is 11.3 Å². The van der Waals surface area contributed by atoms with E-state index >= 15 is 0 Å². The second-order valence-electron chi connectivity index (χ2n) is 4.81. The van der Waals surface area contributed by atoms with Gasteiger partial charge in [0, 0.05) is 10.9 Å². The minimum Gasteiger partial charge on any atom is -0.435 e. The highest BCUT2D eigenvalue weighted by atomic mass is 32.1. The number of ether oxygens (including phenoxy) is 1. The van der Waals surface area contributed by atoms with Gasteiger partial charge in [0.1, 0.15) is 10.8 Å². The Kier molecular flexibility index (Phi) is 4.90. The van der Waals surface area contributed by atoms with Crippen LogP contribution in [0.2, 0.25) is 0 Å². The van der Waals surface area contributed by atoms with Crippen molar-refractivity contribution in [1.82, 2.24) is 4.98 Å². The normalized spacial score (nSPS) is 11.9. The van der Waals surface area contributed by atoms with E-state index in [2.05, 4.69) is 9.72 Å². The lowest BCUT2D eigenvalue weighted by Gasteiger charge is -2.23. The monoisotopic (exact) mass is 312 g/mol. The molecule has 114 valence electrons. The maximum absolute atomic E-state index is 12.3. The zero-order valence-electron chi connectivity index (χ0n) is 12.0. The molecule has 2 N–H and O–H groups in total. The second-order valence-corrected chi connectivity index (χ2v) is 5.67. The molecular formula is C15H18F2N2OS. The summed E-state index contributed by atoms with van der Waals surface area (Å²) in [6.07, 6.45) is 1.59. The van der Waals surface area contributed by atoms with Crippen molar-refractivity contribution >= 4 is 11.3 Å². The lowest BCUT2D eigenvalue weighted by Crippen LogP contribution is -2.34. The highest BCUT2D eigenvalue weighted by Gasteiger charge is 2.26. The Bertz CT molecular complexity index is 597. The fourth-order valence-electron chi connectivity index (χ4n) is 2.02. The standard InChI is InChI=1S/C15H18F2N2OS/c1-3-15(18,4-2)13-19-12(9-21-13)10-6-5-7-11(8-10)20-14(16)17/h5-9,14H,3-4,18H2,1-2H3. The molecule has 0 aliphatic heterocycles. The average molecular weight is 312 g/mol. The molecule has 6 heteroatoms. The fourth-order valence-corrected chi connectivity index (χ4v) is 3.11. The van der Waals surface area contributed by atoms with Gasteiger partial charge in [-0.05, 0) is 25.0 Å². The van der Waals surface area contributed by atoms with E-state index in [-0.39, 0.29) is 5.75 Å². The molecule has 1 heterocycles. The molecule has 0 unspecified atom stereocenters. The van der Waals surface area contributed by atoms with Crippen LogP contribution in [0, 0.1) is 0 Å². The van der Waals surface area contributed by atoms with Gasteiger partial charge in [0.2, 0.25) is 0 Å². The minimum absolute atomic E-state index is 0.127. The number of hydrogen-bond acceptors (Lipinski definition) is 4. The molecule has 1 aromatic heterocycles. The smallest absolute Gasteiger partial charge is 0.387 e. The molecule has 0 aliphatic rings. The Balaban J connectivity index is 2.29. The van der Waals surface area contributed by atoms with Crippen molar-refractivity contribution in [2.24, 2.45) is 5.73 Å². The van der Waals surface area contributed by atoms with Gasteiger partial charge in [0.25, 0.3) is 0 Å². The molecule has 2 rings (SSSR count). The molecule has 3 nitrogen and oxygen atoms in total. The number of benzene rings is 1. The van der Waals surface area contributed by atoms with Crippen LogP contribution in [0.15, 0.2) is 29.6 Å². The molecule has 0 spiro atoms. The van der Waals surface area contributed by atoms with Crippen LogP contribution in [0.3, 0.4) is 0 Å². The Morgan fingerprint density at radius 1 is 1.33 bits per heavy atom. The van der Waals surface area contributed by atoms with Crippen LogP contribution in [0.1, 0.15) is 31.7 Å². The lowest BCUT2D eigenvalue weighted by atomic mass is 9.95. The topological polar surface area (TPSA) is 48.1 Å². The molecule has 0 atom stereocenters. The molecule has 0 fully saturated rings. The third kappa shape index (κ3) is 3.57. The predicted molar refractivity (Wildman–Crippen MR) is 80.6 cm³/mol.